The number of anilines is 1. The number of hydrogen-bond donors (Lipinski definition) is 2. The Kier molecular flexibility index (Phi) is 2.48. The number of ether oxygens (including phenoxy) is 2. The van der Waals surface area contributed by atoms with Gasteiger partial charge in [0.15, 0.2) is 17.3 Å². The van der Waals surface area contributed by atoms with Gasteiger partial charge in [-0.2, -0.15) is 0 Å². The maximum absolute atomic E-state index is 5.65. The first-order valence-electron chi connectivity index (χ1n) is 5.43. The number of benzene rings is 1. The van der Waals surface area contributed by atoms with Gasteiger partial charge in [-0.05, 0) is 22.4 Å². The van der Waals surface area contributed by atoms with E-state index in [0.29, 0.717) is 34.1 Å². The van der Waals surface area contributed by atoms with Crippen LogP contribution in [0.1, 0.15) is 0 Å². The molecule has 98 valence electrons. The van der Waals surface area contributed by atoms with Crippen molar-refractivity contribution in [1.82, 2.24) is 20.3 Å². The van der Waals surface area contributed by atoms with Crippen LogP contribution in [0.3, 0.4) is 0 Å². The van der Waals surface area contributed by atoms with Gasteiger partial charge in [0.1, 0.15) is 22.5 Å². The Morgan fingerprint density at radius 2 is 1.89 bits per heavy atom. The monoisotopic (exact) mass is 261 g/mol. The average Bonchev–Trinajstić information content (AvgIpc) is 3.03. The van der Waals surface area contributed by atoms with Crippen molar-refractivity contribution in [1.29, 1.82) is 0 Å². The molecule has 0 aliphatic carbocycles. The van der Waals surface area contributed by atoms with Crippen LogP contribution in [0.2, 0.25) is 0 Å². The third kappa shape index (κ3) is 1.65. The van der Waals surface area contributed by atoms with E-state index in [9.17, 15) is 0 Å². The highest BCUT2D eigenvalue weighted by Gasteiger charge is 2.18. The third-order valence-electron chi connectivity index (χ3n) is 2.75. The summed E-state index contributed by atoms with van der Waals surface area (Å²) < 4.78 is 15.1. The Balaban J connectivity index is 2.27. The van der Waals surface area contributed by atoms with Crippen LogP contribution >= 0.6 is 0 Å². The van der Waals surface area contributed by atoms with Crippen LogP contribution in [0.15, 0.2) is 16.8 Å². The number of nitrogen functional groups attached to an aromatic ring is 1. The Labute approximate surface area is 107 Å². The molecule has 0 atom stereocenters. The molecule has 1 aromatic carbocycles. The van der Waals surface area contributed by atoms with Gasteiger partial charge in [0, 0.05) is 0 Å². The fourth-order valence-corrected chi connectivity index (χ4v) is 1.85. The van der Waals surface area contributed by atoms with Gasteiger partial charge in [0.05, 0.1) is 14.2 Å². The molecule has 8 heteroatoms. The van der Waals surface area contributed by atoms with Crippen molar-refractivity contribution in [3.05, 3.63) is 12.1 Å². The van der Waals surface area contributed by atoms with Gasteiger partial charge in [0.25, 0.3) is 0 Å². The second-order valence-electron chi connectivity index (χ2n) is 3.78. The number of nitrogens with two attached hydrogens (primary N) is 1. The molecular weight excluding hydrogens is 250 g/mol. The van der Waals surface area contributed by atoms with Crippen LogP contribution in [0, 0.1) is 0 Å². The summed E-state index contributed by atoms with van der Waals surface area (Å²) in [6.07, 6.45) is 0. The first-order valence-corrected chi connectivity index (χ1v) is 5.43. The SMILES string of the molecule is COc1ccc(OC)c2[nH]c(-c3nonc3N)nc12. The van der Waals surface area contributed by atoms with Crippen LogP contribution in [-0.4, -0.2) is 34.5 Å². The lowest BCUT2D eigenvalue weighted by Gasteiger charge is -2.03. The first kappa shape index (κ1) is 11.3. The highest BCUT2D eigenvalue weighted by Crippen LogP contribution is 2.33. The number of aromatic nitrogens is 4. The predicted octanol–water partition coefficient (Wildman–Crippen LogP) is 1.21. The predicted molar refractivity (Wildman–Crippen MR) is 66.9 cm³/mol. The summed E-state index contributed by atoms with van der Waals surface area (Å²) in [6, 6.07) is 3.56. The van der Waals surface area contributed by atoms with Crippen molar-refractivity contribution in [2.75, 3.05) is 20.0 Å². The van der Waals surface area contributed by atoms with Crippen molar-refractivity contribution in [3.63, 3.8) is 0 Å². The molecule has 3 rings (SSSR count). The quantitative estimate of drug-likeness (QED) is 0.728. The first-order chi connectivity index (χ1) is 9.24. The number of rotatable bonds is 3. The topological polar surface area (TPSA) is 112 Å². The van der Waals surface area contributed by atoms with E-state index in [2.05, 4.69) is 24.9 Å². The van der Waals surface area contributed by atoms with Gasteiger partial charge < -0.3 is 20.2 Å². The minimum Gasteiger partial charge on any atom is -0.494 e. The number of imidazole rings is 1. The van der Waals surface area contributed by atoms with E-state index in [1.54, 1.807) is 26.4 Å². The Morgan fingerprint density at radius 3 is 2.53 bits per heavy atom. The molecule has 0 spiro atoms. The Hall–Kier alpha value is -2.77. The van der Waals surface area contributed by atoms with Crippen LogP contribution in [0.25, 0.3) is 22.6 Å². The zero-order chi connectivity index (χ0) is 13.4. The Morgan fingerprint density at radius 1 is 1.16 bits per heavy atom. The van der Waals surface area contributed by atoms with Crippen LogP contribution in [0.5, 0.6) is 11.5 Å². The van der Waals surface area contributed by atoms with Crippen LogP contribution < -0.4 is 15.2 Å². The molecule has 0 aliphatic heterocycles. The molecule has 0 saturated carbocycles. The number of methoxy groups -OCH3 is 2. The molecule has 0 radical (unpaired) electrons. The summed E-state index contributed by atoms with van der Waals surface area (Å²) in [7, 11) is 3.15. The molecule has 0 amide bonds. The molecule has 19 heavy (non-hydrogen) atoms. The largest absolute Gasteiger partial charge is 0.494 e. The van der Waals surface area contributed by atoms with Crippen LogP contribution in [0.4, 0.5) is 5.82 Å². The van der Waals surface area contributed by atoms with E-state index in [1.807, 2.05) is 0 Å². The fourth-order valence-electron chi connectivity index (χ4n) is 1.85. The minimum atomic E-state index is 0.164. The van der Waals surface area contributed by atoms with Crippen molar-refractivity contribution in [2.24, 2.45) is 0 Å². The van der Waals surface area contributed by atoms with Crippen LogP contribution in [-0.2, 0) is 0 Å². The summed E-state index contributed by atoms with van der Waals surface area (Å²) >= 11 is 0. The van der Waals surface area contributed by atoms with Crippen molar-refractivity contribution < 1.29 is 14.1 Å². The second-order valence-corrected chi connectivity index (χ2v) is 3.78. The molecule has 0 saturated heterocycles. The lowest BCUT2D eigenvalue weighted by molar-refractivity contribution is 0.310. The zero-order valence-electron chi connectivity index (χ0n) is 10.3. The van der Waals surface area contributed by atoms with E-state index < -0.39 is 0 Å². The average molecular weight is 261 g/mol. The summed E-state index contributed by atoms with van der Waals surface area (Å²) in [5, 5.41) is 7.22. The van der Waals surface area contributed by atoms with E-state index in [-0.39, 0.29) is 5.82 Å². The molecule has 0 bridgehead atoms. The number of nitrogens with zero attached hydrogens (tertiary/aromatic N) is 3. The summed E-state index contributed by atoms with van der Waals surface area (Å²) in [5.41, 5.74) is 7.31. The molecule has 3 N–H and O–H groups in total. The molecule has 0 unspecified atom stereocenters. The highest BCUT2D eigenvalue weighted by molar-refractivity contribution is 5.90. The lowest BCUT2D eigenvalue weighted by atomic mass is 10.2. The van der Waals surface area contributed by atoms with Gasteiger partial charge in [0.2, 0.25) is 0 Å². The number of hydrogen-bond acceptors (Lipinski definition) is 7. The third-order valence-corrected chi connectivity index (χ3v) is 2.75. The molecular formula is C11H11N5O3. The lowest BCUT2D eigenvalue weighted by Crippen LogP contribution is -1.89. The normalized spacial score (nSPS) is 10.8. The molecule has 8 nitrogen and oxygen atoms in total. The van der Waals surface area contributed by atoms with E-state index >= 15 is 0 Å². The smallest absolute Gasteiger partial charge is 0.199 e. The van der Waals surface area contributed by atoms with Gasteiger partial charge in [-0.1, -0.05) is 0 Å². The fraction of sp³-hybridized carbons (Fsp3) is 0.182. The van der Waals surface area contributed by atoms with Crippen molar-refractivity contribution >= 4 is 16.9 Å². The van der Waals surface area contributed by atoms with Gasteiger partial charge in [-0.3, -0.25) is 0 Å². The number of H-pyrrole nitrogens is 1. The maximum atomic E-state index is 5.65. The summed E-state index contributed by atoms with van der Waals surface area (Å²) in [6.45, 7) is 0. The van der Waals surface area contributed by atoms with Crippen molar-refractivity contribution in [2.45, 2.75) is 0 Å². The zero-order valence-corrected chi connectivity index (χ0v) is 10.3. The van der Waals surface area contributed by atoms with Gasteiger partial charge in [-0.15, -0.1) is 0 Å². The summed E-state index contributed by atoms with van der Waals surface area (Å²) in [4.78, 5) is 7.47. The number of aromatic amines is 1. The standard InChI is InChI=1S/C11H11N5O3/c1-17-5-3-4-6(18-2)8-7(5)13-11(14-8)9-10(12)16-19-15-9/h3-4H,1-2H3,(H2,12,16)(H,13,14). The van der Waals surface area contributed by atoms with E-state index in [0.717, 1.165) is 0 Å². The second kappa shape index (κ2) is 4.16. The van der Waals surface area contributed by atoms with E-state index in [4.69, 9.17) is 15.2 Å². The van der Waals surface area contributed by atoms with Crippen molar-refractivity contribution in [3.8, 4) is 23.0 Å². The highest BCUT2D eigenvalue weighted by atomic mass is 16.6. The summed E-state index contributed by atoms with van der Waals surface area (Å²) in [5.74, 6) is 1.87. The maximum Gasteiger partial charge on any atom is 0.199 e. The Bertz CT molecular complexity index is 692. The van der Waals surface area contributed by atoms with Gasteiger partial charge >= 0.3 is 0 Å². The minimum absolute atomic E-state index is 0.164. The number of fused-ring (bicyclic) bond motifs is 1. The van der Waals surface area contributed by atoms with Gasteiger partial charge in [-0.25, -0.2) is 9.61 Å². The molecule has 2 aromatic heterocycles. The molecule has 3 aromatic rings. The molecule has 2 heterocycles. The number of nitrogens with one attached hydrogen (secondary N) is 1. The molecule has 0 aliphatic rings. The molecule has 0 fully saturated rings. The van der Waals surface area contributed by atoms with E-state index in [1.165, 1.54) is 0 Å².